The van der Waals surface area contributed by atoms with Gasteiger partial charge in [-0.2, -0.15) is 0 Å². The average Bonchev–Trinajstić information content (AvgIpc) is 2.71. The largest absolute Gasteiger partial charge is 0.459 e. The van der Waals surface area contributed by atoms with E-state index in [2.05, 4.69) is 10.6 Å². The van der Waals surface area contributed by atoms with Crippen molar-refractivity contribution in [3.8, 4) is 0 Å². The van der Waals surface area contributed by atoms with Gasteiger partial charge in [-0.3, -0.25) is 0 Å². The van der Waals surface area contributed by atoms with Crippen molar-refractivity contribution in [3.63, 3.8) is 0 Å². The van der Waals surface area contributed by atoms with Crippen LogP contribution in [0.25, 0.3) is 0 Å². The Morgan fingerprint density at radius 1 is 1.00 bits per heavy atom. The molecule has 0 fully saturated rings. The smallest absolute Gasteiger partial charge is 0.329 e. The highest BCUT2D eigenvalue weighted by atomic mass is 35.5. The third-order valence-corrected chi connectivity index (χ3v) is 4.13. The summed E-state index contributed by atoms with van der Waals surface area (Å²) in [5.74, 6) is -0.446. The number of carbonyl (C=O) groups is 2. The molecule has 0 saturated heterocycles. The van der Waals surface area contributed by atoms with E-state index in [1.54, 1.807) is 11.9 Å². The second-order valence-corrected chi connectivity index (χ2v) is 6.31. The Balaban J connectivity index is 0.00000392. The van der Waals surface area contributed by atoms with E-state index in [0.29, 0.717) is 19.5 Å². The number of urea groups is 1. The Morgan fingerprint density at radius 2 is 1.57 bits per heavy atom. The van der Waals surface area contributed by atoms with Gasteiger partial charge in [-0.15, -0.1) is 12.4 Å². The van der Waals surface area contributed by atoms with Gasteiger partial charge in [0.1, 0.15) is 12.6 Å². The number of esters is 1. The van der Waals surface area contributed by atoms with E-state index in [0.717, 1.165) is 11.1 Å². The van der Waals surface area contributed by atoms with Gasteiger partial charge in [0.2, 0.25) is 0 Å². The zero-order chi connectivity index (χ0) is 19.5. The predicted octanol–water partition coefficient (Wildman–Crippen LogP) is 2.62. The van der Waals surface area contributed by atoms with Crippen molar-refractivity contribution in [2.75, 3.05) is 27.2 Å². The number of likely N-dealkylation sites (N-methyl/N-ethyl adjacent to an activating group) is 2. The molecule has 28 heavy (non-hydrogen) atoms. The van der Waals surface area contributed by atoms with E-state index in [-0.39, 0.29) is 25.0 Å². The first kappa shape index (κ1) is 23.5. The summed E-state index contributed by atoms with van der Waals surface area (Å²) < 4.78 is 5.44. The number of hydrogen-bond donors (Lipinski definition) is 2. The molecule has 7 heteroatoms. The highest BCUT2D eigenvalue weighted by Gasteiger charge is 2.24. The number of carbonyl (C=O) groups excluding carboxylic acids is 2. The summed E-state index contributed by atoms with van der Waals surface area (Å²) in [5.41, 5.74) is 1.86. The summed E-state index contributed by atoms with van der Waals surface area (Å²) in [6.07, 6.45) is 0.375. The fourth-order valence-electron chi connectivity index (χ4n) is 2.51. The fraction of sp³-hybridized carbons (Fsp3) is 0.333. The van der Waals surface area contributed by atoms with Crippen molar-refractivity contribution < 1.29 is 14.3 Å². The second kappa shape index (κ2) is 12.8. The Bertz CT molecular complexity index is 713. The number of hydrogen-bond acceptors (Lipinski definition) is 4. The van der Waals surface area contributed by atoms with E-state index in [1.165, 1.54) is 0 Å². The van der Waals surface area contributed by atoms with Gasteiger partial charge >= 0.3 is 12.0 Å². The lowest BCUT2D eigenvalue weighted by molar-refractivity contribution is -0.147. The van der Waals surface area contributed by atoms with Gasteiger partial charge in [0.15, 0.2) is 0 Å². The molecule has 0 bridgehead atoms. The van der Waals surface area contributed by atoms with Crippen molar-refractivity contribution in [2.24, 2.45) is 0 Å². The van der Waals surface area contributed by atoms with Crippen molar-refractivity contribution in [1.82, 2.24) is 15.5 Å². The van der Waals surface area contributed by atoms with Gasteiger partial charge in [-0.25, -0.2) is 9.59 Å². The molecule has 2 N–H and O–H groups in total. The van der Waals surface area contributed by atoms with Crippen LogP contribution in [0.1, 0.15) is 11.1 Å². The third kappa shape index (κ3) is 7.98. The normalized spacial score (nSPS) is 11.1. The molecule has 0 saturated carbocycles. The maximum atomic E-state index is 12.6. The number of halogens is 1. The molecule has 0 radical (unpaired) electrons. The number of amides is 2. The zero-order valence-corrected chi connectivity index (χ0v) is 17.1. The molecule has 2 amide bonds. The minimum absolute atomic E-state index is 0. The minimum Gasteiger partial charge on any atom is -0.459 e. The van der Waals surface area contributed by atoms with Gasteiger partial charge in [-0.1, -0.05) is 60.7 Å². The predicted molar refractivity (Wildman–Crippen MR) is 113 cm³/mol. The fourth-order valence-corrected chi connectivity index (χ4v) is 2.51. The number of nitrogens with one attached hydrogen (secondary N) is 2. The van der Waals surface area contributed by atoms with Gasteiger partial charge in [0.25, 0.3) is 0 Å². The van der Waals surface area contributed by atoms with Crippen LogP contribution in [0.15, 0.2) is 60.7 Å². The van der Waals surface area contributed by atoms with Crippen LogP contribution >= 0.6 is 12.4 Å². The van der Waals surface area contributed by atoms with E-state index in [9.17, 15) is 9.59 Å². The molecular formula is C21H28ClN3O3. The number of rotatable bonds is 9. The molecule has 2 rings (SSSR count). The maximum absolute atomic E-state index is 12.6. The van der Waals surface area contributed by atoms with Crippen LogP contribution in [0.4, 0.5) is 4.79 Å². The van der Waals surface area contributed by atoms with Gasteiger partial charge in [0.05, 0.1) is 0 Å². The lowest BCUT2D eigenvalue weighted by atomic mass is 10.1. The van der Waals surface area contributed by atoms with Crippen LogP contribution in [0.3, 0.4) is 0 Å². The highest BCUT2D eigenvalue weighted by molar-refractivity contribution is 5.85. The Morgan fingerprint density at radius 3 is 2.14 bits per heavy atom. The quantitative estimate of drug-likeness (QED) is 0.629. The third-order valence-electron chi connectivity index (χ3n) is 4.13. The summed E-state index contributed by atoms with van der Waals surface area (Å²) in [7, 11) is 3.52. The molecule has 6 nitrogen and oxygen atoms in total. The van der Waals surface area contributed by atoms with E-state index in [4.69, 9.17) is 4.74 Å². The molecular weight excluding hydrogens is 378 g/mol. The van der Waals surface area contributed by atoms with Crippen molar-refractivity contribution in [3.05, 3.63) is 71.8 Å². The number of ether oxygens (including phenoxy) is 1. The van der Waals surface area contributed by atoms with Crippen LogP contribution in [0.2, 0.25) is 0 Å². The van der Waals surface area contributed by atoms with Crippen LogP contribution < -0.4 is 10.6 Å². The monoisotopic (exact) mass is 405 g/mol. The Hall–Kier alpha value is -2.57. The molecule has 0 heterocycles. The first-order chi connectivity index (χ1) is 13.1. The molecule has 1 unspecified atom stereocenters. The number of benzene rings is 2. The molecule has 2 aromatic carbocycles. The van der Waals surface area contributed by atoms with Crippen molar-refractivity contribution in [1.29, 1.82) is 0 Å². The summed E-state index contributed by atoms with van der Waals surface area (Å²) >= 11 is 0. The van der Waals surface area contributed by atoms with Gasteiger partial charge in [0, 0.05) is 26.6 Å². The maximum Gasteiger partial charge on any atom is 0.329 e. The van der Waals surface area contributed by atoms with E-state index in [1.807, 2.05) is 67.7 Å². The topological polar surface area (TPSA) is 70.7 Å². The SMILES string of the molecule is CNCCN(C)C(=O)NC(Cc1ccccc1)C(=O)OCc1ccccc1.Cl. The van der Waals surface area contributed by atoms with Crippen LogP contribution in [-0.4, -0.2) is 50.1 Å². The standard InChI is InChI=1S/C21H27N3O3.ClH/c1-22-13-14-24(2)21(26)23-19(15-17-9-5-3-6-10-17)20(25)27-16-18-11-7-4-8-12-18;/h3-12,19,22H,13-16H2,1-2H3,(H,23,26);1H. The summed E-state index contributed by atoms with van der Waals surface area (Å²) in [5, 5.41) is 5.79. The lowest BCUT2D eigenvalue weighted by Crippen LogP contribution is -2.49. The second-order valence-electron chi connectivity index (χ2n) is 6.31. The summed E-state index contributed by atoms with van der Waals surface area (Å²) in [6, 6.07) is 18.0. The molecule has 0 aromatic heterocycles. The number of nitrogens with zero attached hydrogens (tertiary/aromatic N) is 1. The summed E-state index contributed by atoms with van der Waals surface area (Å²) in [6.45, 7) is 1.39. The van der Waals surface area contributed by atoms with Crippen LogP contribution in [0.5, 0.6) is 0 Å². The molecule has 1 atom stereocenters. The molecule has 0 aliphatic heterocycles. The van der Waals surface area contributed by atoms with Crippen molar-refractivity contribution in [2.45, 2.75) is 19.1 Å². The minimum atomic E-state index is -0.749. The molecule has 152 valence electrons. The molecule has 0 aliphatic rings. The first-order valence-corrected chi connectivity index (χ1v) is 9.01. The molecule has 0 aliphatic carbocycles. The highest BCUT2D eigenvalue weighted by Crippen LogP contribution is 2.08. The van der Waals surface area contributed by atoms with Gasteiger partial charge < -0.3 is 20.3 Å². The van der Waals surface area contributed by atoms with E-state index < -0.39 is 12.0 Å². The molecule has 2 aromatic rings. The van der Waals surface area contributed by atoms with Gasteiger partial charge in [-0.05, 0) is 18.2 Å². The van der Waals surface area contributed by atoms with E-state index >= 15 is 0 Å². The van der Waals surface area contributed by atoms with Crippen LogP contribution in [-0.2, 0) is 22.6 Å². The lowest BCUT2D eigenvalue weighted by Gasteiger charge is -2.23. The summed E-state index contributed by atoms with van der Waals surface area (Å²) in [4.78, 5) is 26.6. The average molecular weight is 406 g/mol. The Kier molecular flexibility index (Phi) is 10.7. The first-order valence-electron chi connectivity index (χ1n) is 9.01. The zero-order valence-electron chi connectivity index (χ0n) is 16.3. The van der Waals surface area contributed by atoms with Crippen LogP contribution in [0, 0.1) is 0 Å². The molecule has 0 spiro atoms. The van der Waals surface area contributed by atoms with Crippen molar-refractivity contribution >= 4 is 24.4 Å². The Labute approximate surface area is 172 Å².